The van der Waals surface area contributed by atoms with E-state index in [-0.39, 0.29) is 30.1 Å². The largest absolute Gasteiger partial charge is 0.489 e. The minimum Gasteiger partial charge on any atom is -0.489 e. The number of carbonyl (C=O) groups excluding carboxylic acids is 2. The predicted molar refractivity (Wildman–Crippen MR) is 57.6 cm³/mol. The molecule has 1 aliphatic carbocycles. The highest BCUT2D eigenvalue weighted by Gasteiger charge is 2.34. The fourth-order valence-corrected chi connectivity index (χ4v) is 1.38. The number of allylic oxidation sites excluding steroid dienone is 2. The maximum atomic E-state index is 11.7. The van der Waals surface area contributed by atoms with Crippen LogP contribution >= 0.6 is 0 Å². The second-order valence-electron chi connectivity index (χ2n) is 2.99. The van der Waals surface area contributed by atoms with Gasteiger partial charge in [-0.2, -0.15) is 0 Å². The molecule has 0 fully saturated rings. The van der Waals surface area contributed by atoms with E-state index in [1.165, 1.54) is 21.1 Å². The Morgan fingerprint density at radius 3 is 1.88 bits per heavy atom. The molecule has 90 valence electrons. The topological polar surface area (TPSA) is 72.8 Å². The van der Waals surface area contributed by atoms with E-state index in [0.717, 1.165) is 0 Å². The smallest absolute Gasteiger partial charge is 0.230 e. The van der Waals surface area contributed by atoms with Crippen molar-refractivity contribution in [1.82, 2.24) is 0 Å². The summed E-state index contributed by atoms with van der Waals surface area (Å²) < 4.78 is 9.61. The highest BCUT2D eigenvalue weighted by Crippen LogP contribution is 2.24. The quantitative estimate of drug-likeness (QED) is 0.715. The van der Waals surface area contributed by atoms with Gasteiger partial charge in [-0.1, -0.05) is 7.43 Å². The highest BCUT2D eigenvalue weighted by molar-refractivity contribution is 6.23. The molecule has 0 aromatic rings. The molecule has 5 heteroatoms. The lowest BCUT2D eigenvalue weighted by molar-refractivity contribution is -0.121. The molecule has 0 saturated carbocycles. The van der Waals surface area contributed by atoms with Gasteiger partial charge in [-0.25, -0.2) is 0 Å². The summed E-state index contributed by atoms with van der Waals surface area (Å²) >= 11 is 0. The summed E-state index contributed by atoms with van der Waals surface area (Å²) in [5, 5.41) is 8.97. The van der Waals surface area contributed by atoms with E-state index in [9.17, 15) is 9.59 Å². The third-order valence-electron chi connectivity index (χ3n) is 2.25. The Kier molecular flexibility index (Phi) is 4.91. The number of hydrogen-bond donors (Lipinski definition) is 1. The third-order valence-corrected chi connectivity index (χ3v) is 2.25. The first kappa shape index (κ1) is 14.4. The standard InChI is InChI=1S/C10H12O5.CH4/c1-5-6(4-11)8(13)10(15-3)9(14-2)7(5)12;/h11H,4H2,1-3H3;1H4. The van der Waals surface area contributed by atoms with Gasteiger partial charge in [0.1, 0.15) is 0 Å². The zero-order valence-electron chi connectivity index (χ0n) is 8.79. The van der Waals surface area contributed by atoms with Crippen molar-refractivity contribution >= 4 is 11.6 Å². The van der Waals surface area contributed by atoms with Crippen LogP contribution in [0.1, 0.15) is 14.4 Å². The summed E-state index contributed by atoms with van der Waals surface area (Å²) in [6.45, 7) is 0.984. The van der Waals surface area contributed by atoms with Crippen LogP contribution in [0.5, 0.6) is 0 Å². The first-order valence-electron chi connectivity index (χ1n) is 4.30. The number of aliphatic hydroxyl groups excluding tert-OH is 1. The number of ketones is 2. The summed E-state index contributed by atoms with van der Waals surface area (Å²) in [5.41, 5.74) is 0.248. The molecule has 0 saturated heterocycles. The number of methoxy groups -OCH3 is 2. The van der Waals surface area contributed by atoms with Crippen molar-refractivity contribution in [2.45, 2.75) is 14.4 Å². The summed E-state index contributed by atoms with van der Waals surface area (Å²) in [7, 11) is 2.56. The Labute approximate surface area is 94.4 Å². The van der Waals surface area contributed by atoms with E-state index in [1.807, 2.05) is 0 Å². The average Bonchev–Trinajstić information content (AvgIpc) is 2.23. The summed E-state index contributed by atoms with van der Waals surface area (Å²) in [6.07, 6.45) is 0. The molecule has 0 atom stereocenters. The first-order chi connectivity index (χ1) is 7.08. The van der Waals surface area contributed by atoms with Crippen molar-refractivity contribution in [3.05, 3.63) is 22.7 Å². The van der Waals surface area contributed by atoms with Crippen molar-refractivity contribution in [2.75, 3.05) is 20.8 Å². The zero-order chi connectivity index (χ0) is 11.6. The maximum Gasteiger partial charge on any atom is 0.230 e. The van der Waals surface area contributed by atoms with Gasteiger partial charge in [-0.15, -0.1) is 0 Å². The van der Waals surface area contributed by atoms with Gasteiger partial charge in [0.15, 0.2) is 0 Å². The van der Waals surface area contributed by atoms with Gasteiger partial charge in [0.05, 0.1) is 20.8 Å². The fourth-order valence-electron chi connectivity index (χ4n) is 1.38. The van der Waals surface area contributed by atoms with E-state index in [4.69, 9.17) is 14.6 Å². The minimum atomic E-state index is -0.506. The molecule has 0 amide bonds. The minimum absolute atomic E-state index is 0. The van der Waals surface area contributed by atoms with Crippen molar-refractivity contribution in [1.29, 1.82) is 0 Å². The lowest BCUT2D eigenvalue weighted by Crippen LogP contribution is -2.26. The molecule has 0 spiro atoms. The lowest BCUT2D eigenvalue weighted by atomic mass is 9.94. The van der Waals surface area contributed by atoms with E-state index in [0.29, 0.717) is 0 Å². The normalized spacial score (nSPS) is 16.2. The molecule has 0 radical (unpaired) electrons. The Hall–Kier alpha value is -1.62. The van der Waals surface area contributed by atoms with Crippen LogP contribution in [0.15, 0.2) is 22.7 Å². The molecule has 0 unspecified atom stereocenters. The van der Waals surface area contributed by atoms with E-state index in [2.05, 4.69) is 0 Å². The third kappa shape index (κ3) is 1.99. The first-order valence-corrected chi connectivity index (χ1v) is 4.30. The molecule has 0 bridgehead atoms. The van der Waals surface area contributed by atoms with Crippen molar-refractivity contribution in [3.63, 3.8) is 0 Å². The van der Waals surface area contributed by atoms with Crippen LogP contribution in [0.4, 0.5) is 0 Å². The lowest BCUT2D eigenvalue weighted by Gasteiger charge is -2.18. The second-order valence-corrected chi connectivity index (χ2v) is 2.99. The van der Waals surface area contributed by atoms with Crippen molar-refractivity contribution < 1.29 is 24.2 Å². The summed E-state index contributed by atoms with van der Waals surface area (Å²) in [6, 6.07) is 0. The van der Waals surface area contributed by atoms with Gasteiger partial charge >= 0.3 is 0 Å². The van der Waals surface area contributed by atoms with Gasteiger partial charge < -0.3 is 14.6 Å². The molecular weight excluding hydrogens is 212 g/mol. The van der Waals surface area contributed by atoms with E-state index < -0.39 is 18.2 Å². The second kappa shape index (κ2) is 5.46. The Bertz CT molecular complexity index is 376. The molecule has 1 aliphatic rings. The summed E-state index contributed by atoms with van der Waals surface area (Å²) in [4.78, 5) is 23.3. The molecule has 0 aromatic carbocycles. The van der Waals surface area contributed by atoms with E-state index in [1.54, 1.807) is 0 Å². The number of ether oxygens (including phenoxy) is 2. The number of aliphatic hydroxyl groups is 1. The van der Waals surface area contributed by atoms with Crippen LogP contribution in [0.25, 0.3) is 0 Å². The van der Waals surface area contributed by atoms with Crippen LogP contribution < -0.4 is 0 Å². The highest BCUT2D eigenvalue weighted by atomic mass is 16.5. The molecular formula is C11H16O5. The van der Waals surface area contributed by atoms with Crippen molar-refractivity contribution in [2.24, 2.45) is 0 Å². The molecule has 1 rings (SSSR count). The Morgan fingerprint density at radius 1 is 1.06 bits per heavy atom. The molecule has 1 N–H and O–H groups in total. The monoisotopic (exact) mass is 228 g/mol. The molecule has 5 nitrogen and oxygen atoms in total. The SMILES string of the molecule is C.COC1=C(OC)C(=O)C(CO)=C(C)C1=O. The molecule has 0 aliphatic heterocycles. The maximum absolute atomic E-state index is 11.7. The average molecular weight is 228 g/mol. The molecule has 0 heterocycles. The van der Waals surface area contributed by atoms with Crippen molar-refractivity contribution in [3.8, 4) is 0 Å². The van der Waals surface area contributed by atoms with Gasteiger partial charge in [0.25, 0.3) is 0 Å². The number of hydrogen-bond acceptors (Lipinski definition) is 5. The zero-order valence-corrected chi connectivity index (χ0v) is 8.79. The van der Waals surface area contributed by atoms with E-state index >= 15 is 0 Å². The van der Waals surface area contributed by atoms with Gasteiger partial charge in [-0.3, -0.25) is 9.59 Å². The fraction of sp³-hybridized carbons (Fsp3) is 0.455. The van der Waals surface area contributed by atoms with Crippen LogP contribution in [0, 0.1) is 0 Å². The summed E-state index contributed by atoms with van der Waals surface area (Å²) in [5.74, 6) is -1.21. The number of Topliss-reactive ketones (excluding diaryl/α,β-unsaturated/α-hetero) is 2. The Balaban J connectivity index is 0.00000225. The predicted octanol–water partition coefficient (Wildman–Crippen LogP) is 0.587. The van der Waals surface area contributed by atoms with Gasteiger partial charge in [0.2, 0.25) is 23.1 Å². The number of carbonyl (C=O) groups is 2. The number of rotatable bonds is 3. The van der Waals surface area contributed by atoms with Crippen LogP contribution in [-0.2, 0) is 19.1 Å². The molecule has 16 heavy (non-hydrogen) atoms. The van der Waals surface area contributed by atoms with Crippen LogP contribution in [0.2, 0.25) is 0 Å². The van der Waals surface area contributed by atoms with Gasteiger partial charge in [-0.05, 0) is 6.92 Å². The van der Waals surface area contributed by atoms with Gasteiger partial charge in [0, 0.05) is 11.1 Å². The Morgan fingerprint density at radius 2 is 1.50 bits per heavy atom. The van der Waals surface area contributed by atoms with Crippen LogP contribution in [0.3, 0.4) is 0 Å². The van der Waals surface area contributed by atoms with Crippen LogP contribution in [-0.4, -0.2) is 37.5 Å². The molecule has 0 aromatic heterocycles.